The predicted octanol–water partition coefficient (Wildman–Crippen LogP) is 4.44. The molecule has 0 saturated carbocycles. The minimum atomic E-state index is -0.834. The number of carboxylic acids is 1. The molecule has 0 spiro atoms. The van der Waals surface area contributed by atoms with E-state index in [1.54, 1.807) is 24.0 Å². The number of aromatic amines is 1. The van der Waals surface area contributed by atoms with Gasteiger partial charge in [-0.25, -0.2) is 9.67 Å². The fraction of sp³-hybridized carbons (Fsp3) is 0.143. The maximum Gasteiger partial charge on any atom is 0.307 e. The molecule has 182 valence electrons. The summed E-state index contributed by atoms with van der Waals surface area (Å²) in [5.41, 5.74) is 9.74. The maximum atomic E-state index is 10.8. The van der Waals surface area contributed by atoms with Crippen LogP contribution in [0.25, 0.3) is 22.5 Å². The fourth-order valence-electron chi connectivity index (χ4n) is 4.54. The van der Waals surface area contributed by atoms with Crippen molar-refractivity contribution in [1.29, 1.82) is 0 Å². The molecule has 37 heavy (non-hydrogen) atoms. The first-order chi connectivity index (χ1) is 18.1. The molecular weight excluding hydrogens is 484 g/mol. The first-order valence-electron chi connectivity index (χ1n) is 11.8. The number of hydrogen-bond donors (Lipinski definition) is 3. The van der Waals surface area contributed by atoms with E-state index in [0.717, 1.165) is 39.5 Å². The number of hydrogen-bond acceptors (Lipinski definition) is 6. The van der Waals surface area contributed by atoms with Gasteiger partial charge < -0.3 is 10.4 Å². The Morgan fingerprint density at radius 2 is 2.03 bits per heavy atom. The lowest BCUT2D eigenvalue weighted by Crippen LogP contribution is -2.01. The molecule has 9 heteroatoms. The summed E-state index contributed by atoms with van der Waals surface area (Å²) in [5.74, 6) is 5.55. The highest BCUT2D eigenvalue weighted by atomic mass is 32.1. The highest BCUT2D eigenvalue weighted by Gasteiger charge is 2.25. The third-order valence-electron chi connectivity index (χ3n) is 6.26. The molecule has 5 aromatic rings. The van der Waals surface area contributed by atoms with E-state index in [1.165, 1.54) is 22.3 Å². The van der Waals surface area contributed by atoms with Gasteiger partial charge in [0.05, 0.1) is 35.8 Å². The van der Waals surface area contributed by atoms with Crippen molar-refractivity contribution < 1.29 is 9.90 Å². The number of aliphatic carboxylic acids is 1. The Balaban J connectivity index is 1.11. The van der Waals surface area contributed by atoms with Gasteiger partial charge in [0.1, 0.15) is 12.7 Å². The second-order valence-electron chi connectivity index (χ2n) is 8.81. The summed E-state index contributed by atoms with van der Waals surface area (Å²) in [6, 6.07) is 16.0. The van der Waals surface area contributed by atoms with Crippen LogP contribution in [0.15, 0.2) is 66.6 Å². The summed E-state index contributed by atoms with van der Waals surface area (Å²) in [6.45, 7) is 1.19. The molecular formula is C28H22N6O2S. The highest BCUT2D eigenvalue weighted by molar-refractivity contribution is 7.11. The number of thiophene rings is 1. The zero-order valence-electron chi connectivity index (χ0n) is 19.7. The van der Waals surface area contributed by atoms with Gasteiger partial charge in [-0.2, -0.15) is 10.2 Å². The minimum Gasteiger partial charge on any atom is -0.481 e. The average Bonchev–Trinajstić information content (AvgIpc) is 3.68. The van der Waals surface area contributed by atoms with E-state index in [-0.39, 0.29) is 6.42 Å². The molecule has 3 N–H and O–H groups in total. The first kappa shape index (κ1) is 22.8. The van der Waals surface area contributed by atoms with Crippen molar-refractivity contribution in [1.82, 2.24) is 25.0 Å². The maximum absolute atomic E-state index is 10.8. The van der Waals surface area contributed by atoms with E-state index in [0.29, 0.717) is 13.1 Å². The summed E-state index contributed by atoms with van der Waals surface area (Å²) in [5, 5.41) is 26.3. The number of nitrogens with one attached hydrogen (secondary N) is 2. The quantitative estimate of drug-likeness (QED) is 0.276. The summed E-state index contributed by atoms with van der Waals surface area (Å²) < 4.78 is 1.82. The van der Waals surface area contributed by atoms with Crippen LogP contribution >= 0.6 is 11.3 Å². The molecule has 6 rings (SSSR count). The molecule has 8 nitrogen and oxygen atoms in total. The minimum absolute atomic E-state index is 0.0249. The van der Waals surface area contributed by atoms with Gasteiger partial charge in [0.15, 0.2) is 0 Å². The van der Waals surface area contributed by atoms with Crippen LogP contribution in [0, 0.1) is 11.8 Å². The van der Waals surface area contributed by atoms with Crippen LogP contribution in [-0.4, -0.2) is 42.6 Å². The van der Waals surface area contributed by atoms with Crippen molar-refractivity contribution in [3.63, 3.8) is 0 Å². The summed E-state index contributed by atoms with van der Waals surface area (Å²) in [7, 11) is 0. The summed E-state index contributed by atoms with van der Waals surface area (Å²) in [6.07, 6.45) is 4.15. The lowest BCUT2D eigenvalue weighted by molar-refractivity contribution is -0.136. The molecule has 3 aromatic heterocycles. The molecule has 0 radical (unpaired) electrons. The third kappa shape index (κ3) is 4.87. The second-order valence-corrected chi connectivity index (χ2v) is 9.72. The van der Waals surface area contributed by atoms with E-state index in [4.69, 9.17) is 5.11 Å². The molecule has 0 atom stereocenters. The van der Waals surface area contributed by atoms with Crippen molar-refractivity contribution in [2.24, 2.45) is 0 Å². The zero-order chi connectivity index (χ0) is 25.2. The molecule has 0 aliphatic heterocycles. The number of rotatable bonds is 7. The van der Waals surface area contributed by atoms with E-state index < -0.39 is 5.97 Å². The van der Waals surface area contributed by atoms with Gasteiger partial charge in [-0.15, -0.1) is 11.3 Å². The Hall–Kier alpha value is -4.68. The van der Waals surface area contributed by atoms with Crippen LogP contribution in [0.4, 0.5) is 5.69 Å². The van der Waals surface area contributed by atoms with Crippen LogP contribution in [-0.2, 0) is 24.2 Å². The Morgan fingerprint density at radius 1 is 1.16 bits per heavy atom. The summed E-state index contributed by atoms with van der Waals surface area (Å²) in [4.78, 5) is 15.8. The summed E-state index contributed by atoms with van der Waals surface area (Å²) >= 11 is 1.61. The van der Waals surface area contributed by atoms with Crippen molar-refractivity contribution in [2.45, 2.75) is 19.4 Å². The lowest BCUT2D eigenvalue weighted by atomic mass is 10.1. The average molecular weight is 507 g/mol. The van der Waals surface area contributed by atoms with Crippen molar-refractivity contribution in [2.75, 3.05) is 11.9 Å². The van der Waals surface area contributed by atoms with E-state index in [1.807, 2.05) is 28.9 Å². The molecule has 3 heterocycles. The number of H-pyrrole nitrogens is 1. The first-order valence-corrected chi connectivity index (χ1v) is 12.6. The molecule has 1 aliphatic carbocycles. The van der Waals surface area contributed by atoms with E-state index >= 15 is 0 Å². The Kier molecular flexibility index (Phi) is 6.00. The molecule has 1 aliphatic rings. The predicted molar refractivity (Wildman–Crippen MR) is 142 cm³/mol. The van der Waals surface area contributed by atoms with Gasteiger partial charge in [0.2, 0.25) is 0 Å². The number of carboxylic acid groups (broad SMARTS) is 1. The molecule has 0 unspecified atom stereocenters. The molecule has 0 amide bonds. The van der Waals surface area contributed by atoms with Crippen LogP contribution in [0.1, 0.15) is 27.1 Å². The molecule has 2 aromatic carbocycles. The van der Waals surface area contributed by atoms with Gasteiger partial charge in [-0.05, 0) is 34.9 Å². The largest absolute Gasteiger partial charge is 0.481 e. The molecule has 0 bridgehead atoms. The normalized spacial score (nSPS) is 11.5. The Morgan fingerprint density at radius 3 is 2.84 bits per heavy atom. The van der Waals surface area contributed by atoms with Crippen LogP contribution < -0.4 is 5.32 Å². The number of anilines is 1. The monoisotopic (exact) mass is 506 g/mol. The van der Waals surface area contributed by atoms with Gasteiger partial charge in [0, 0.05) is 34.2 Å². The SMILES string of the molecule is O=C(O)Cc1ccc(NCC#Cc2cc(-c3n[nH]c4c3Cc3cc(Cn5cncn5)ccc3-4)cs2)cc1. The lowest BCUT2D eigenvalue weighted by Gasteiger charge is -2.05. The zero-order valence-corrected chi connectivity index (χ0v) is 20.5. The van der Waals surface area contributed by atoms with Crippen LogP contribution in [0.2, 0.25) is 0 Å². The van der Waals surface area contributed by atoms with E-state index in [9.17, 15) is 4.79 Å². The number of aromatic nitrogens is 5. The van der Waals surface area contributed by atoms with Gasteiger partial charge in [-0.3, -0.25) is 9.89 Å². The van der Waals surface area contributed by atoms with Crippen molar-refractivity contribution in [3.8, 4) is 34.4 Å². The smallest absolute Gasteiger partial charge is 0.307 e. The third-order valence-corrected chi connectivity index (χ3v) is 7.10. The number of benzene rings is 2. The topological polar surface area (TPSA) is 109 Å². The van der Waals surface area contributed by atoms with Crippen molar-refractivity contribution >= 4 is 23.0 Å². The molecule has 0 fully saturated rings. The van der Waals surface area contributed by atoms with Gasteiger partial charge in [0.25, 0.3) is 0 Å². The Bertz CT molecular complexity index is 1640. The second kappa shape index (κ2) is 9.76. The van der Waals surface area contributed by atoms with Crippen molar-refractivity contribution in [3.05, 3.63) is 93.7 Å². The number of nitrogens with zero attached hydrogens (tertiary/aromatic N) is 4. The van der Waals surface area contributed by atoms with Crippen LogP contribution in [0.3, 0.4) is 0 Å². The Labute approximate surface area is 217 Å². The van der Waals surface area contributed by atoms with Crippen LogP contribution in [0.5, 0.6) is 0 Å². The standard InChI is InChI=1S/C28H22N6O2S/c35-26(36)11-18-3-6-22(7-4-18)30-9-1-2-23-12-21(15-37-23)27-25-13-20-10-19(14-34-17-29-16-31-34)5-8-24(20)28(25)33-32-27/h3-8,10,12,15-17,30H,9,11,13-14H2,(H,32,33)(H,35,36). The highest BCUT2D eigenvalue weighted by Crippen LogP contribution is 2.41. The fourth-order valence-corrected chi connectivity index (χ4v) is 5.30. The number of fused-ring (bicyclic) bond motifs is 3. The number of carbonyl (C=O) groups is 1. The molecule has 0 saturated heterocycles. The van der Waals surface area contributed by atoms with Gasteiger partial charge in [-0.1, -0.05) is 42.2 Å². The van der Waals surface area contributed by atoms with E-state index in [2.05, 4.69) is 67.1 Å². The van der Waals surface area contributed by atoms with Gasteiger partial charge >= 0.3 is 5.97 Å².